The van der Waals surface area contributed by atoms with Gasteiger partial charge < -0.3 is 10.5 Å². The zero-order valence-corrected chi connectivity index (χ0v) is 8.37. The fraction of sp³-hybridized carbons (Fsp3) is 1.00. The zero-order valence-electron chi connectivity index (χ0n) is 8.37. The molecular weight excluding hydrogens is 162 g/mol. The van der Waals surface area contributed by atoms with Gasteiger partial charge in [0.05, 0.1) is 6.10 Å². The smallest absolute Gasteiger partial charge is 0.0615 e. The van der Waals surface area contributed by atoms with Gasteiger partial charge >= 0.3 is 0 Å². The lowest BCUT2D eigenvalue weighted by molar-refractivity contribution is -0.00660. The van der Waals surface area contributed by atoms with Crippen molar-refractivity contribution in [3.63, 3.8) is 0 Å². The van der Waals surface area contributed by atoms with Gasteiger partial charge in [0.1, 0.15) is 0 Å². The van der Waals surface area contributed by atoms with Crippen molar-refractivity contribution in [2.75, 3.05) is 13.2 Å². The summed E-state index contributed by atoms with van der Waals surface area (Å²) in [4.78, 5) is 0. The Kier molecular flexibility index (Phi) is 3.23. The molecule has 0 bridgehead atoms. The summed E-state index contributed by atoms with van der Waals surface area (Å²) in [6, 6.07) is 0. The molecule has 0 radical (unpaired) electrons. The molecule has 2 N–H and O–H groups in total. The zero-order chi connectivity index (χ0) is 9.10. The Labute approximate surface area is 80.8 Å². The predicted octanol–water partition coefficient (Wildman–Crippen LogP) is 1.93. The monoisotopic (exact) mass is 183 g/mol. The second kappa shape index (κ2) is 4.43. The van der Waals surface area contributed by atoms with Crippen molar-refractivity contribution in [1.29, 1.82) is 0 Å². The van der Waals surface area contributed by atoms with Crippen LogP contribution < -0.4 is 5.73 Å². The number of hydrogen-bond acceptors (Lipinski definition) is 2. The molecule has 2 nitrogen and oxygen atoms in total. The number of rotatable bonds is 4. The van der Waals surface area contributed by atoms with E-state index in [4.69, 9.17) is 10.5 Å². The quantitative estimate of drug-likeness (QED) is 0.723. The lowest BCUT2D eigenvalue weighted by Gasteiger charge is -2.28. The summed E-state index contributed by atoms with van der Waals surface area (Å²) in [6.07, 6.45) is 8.53. The predicted molar refractivity (Wildman–Crippen MR) is 53.5 cm³/mol. The number of ether oxygens (including phenoxy) is 1. The highest BCUT2D eigenvalue weighted by molar-refractivity contribution is 4.79. The third-order valence-corrected chi connectivity index (χ3v) is 3.66. The number of hydrogen-bond donors (Lipinski definition) is 1. The van der Waals surface area contributed by atoms with E-state index in [1.807, 2.05) is 0 Å². The van der Waals surface area contributed by atoms with Gasteiger partial charge in [-0.1, -0.05) is 12.8 Å². The molecule has 0 aromatic heterocycles. The van der Waals surface area contributed by atoms with E-state index >= 15 is 0 Å². The lowest BCUT2D eigenvalue weighted by atomic mass is 9.86. The van der Waals surface area contributed by atoms with E-state index in [0.29, 0.717) is 12.0 Å². The van der Waals surface area contributed by atoms with E-state index in [1.54, 1.807) is 0 Å². The third-order valence-electron chi connectivity index (χ3n) is 3.66. The van der Waals surface area contributed by atoms with E-state index in [1.165, 1.54) is 38.5 Å². The van der Waals surface area contributed by atoms with Gasteiger partial charge in [-0.25, -0.2) is 0 Å². The normalized spacial score (nSPS) is 34.8. The molecule has 0 aliphatic heterocycles. The minimum atomic E-state index is 0.491. The SMILES string of the molecule is NCC1CCCC1OCC1CCC1. The molecule has 2 fully saturated rings. The fourth-order valence-corrected chi connectivity index (χ4v) is 2.41. The van der Waals surface area contributed by atoms with Crippen LogP contribution in [0, 0.1) is 11.8 Å². The molecular formula is C11H21NO. The van der Waals surface area contributed by atoms with Crippen LogP contribution in [-0.2, 0) is 4.74 Å². The van der Waals surface area contributed by atoms with Crippen LogP contribution >= 0.6 is 0 Å². The first-order chi connectivity index (χ1) is 6.40. The Morgan fingerprint density at radius 1 is 1.08 bits per heavy atom. The highest BCUT2D eigenvalue weighted by atomic mass is 16.5. The Balaban J connectivity index is 1.67. The highest BCUT2D eigenvalue weighted by Crippen LogP contribution is 2.31. The van der Waals surface area contributed by atoms with Gasteiger partial charge in [-0.3, -0.25) is 0 Å². The van der Waals surface area contributed by atoms with Crippen molar-refractivity contribution in [1.82, 2.24) is 0 Å². The molecule has 0 aromatic carbocycles. The molecule has 2 heteroatoms. The molecule has 0 spiro atoms. The van der Waals surface area contributed by atoms with Crippen molar-refractivity contribution >= 4 is 0 Å². The van der Waals surface area contributed by atoms with Crippen LogP contribution in [0.25, 0.3) is 0 Å². The largest absolute Gasteiger partial charge is 0.378 e. The van der Waals surface area contributed by atoms with Crippen LogP contribution in [0.3, 0.4) is 0 Å². The summed E-state index contributed by atoms with van der Waals surface area (Å²) in [7, 11) is 0. The number of nitrogens with two attached hydrogens (primary N) is 1. The molecule has 2 aliphatic rings. The van der Waals surface area contributed by atoms with Crippen LogP contribution in [0.1, 0.15) is 38.5 Å². The molecule has 13 heavy (non-hydrogen) atoms. The topological polar surface area (TPSA) is 35.2 Å². The van der Waals surface area contributed by atoms with Crippen molar-refractivity contribution in [3.05, 3.63) is 0 Å². The van der Waals surface area contributed by atoms with Crippen LogP contribution in [0.2, 0.25) is 0 Å². The summed E-state index contributed by atoms with van der Waals surface area (Å²) in [5, 5.41) is 0. The molecule has 2 saturated carbocycles. The first-order valence-corrected chi connectivity index (χ1v) is 5.72. The minimum Gasteiger partial charge on any atom is -0.378 e. The Hall–Kier alpha value is -0.0800. The first kappa shape index (κ1) is 9.47. The highest BCUT2D eigenvalue weighted by Gasteiger charge is 2.28. The Bertz CT molecular complexity index is 156. The van der Waals surface area contributed by atoms with Crippen molar-refractivity contribution in [3.8, 4) is 0 Å². The van der Waals surface area contributed by atoms with Gasteiger partial charge in [-0.2, -0.15) is 0 Å². The molecule has 2 rings (SSSR count). The van der Waals surface area contributed by atoms with E-state index in [-0.39, 0.29) is 0 Å². The van der Waals surface area contributed by atoms with Gasteiger partial charge in [0.25, 0.3) is 0 Å². The fourth-order valence-electron chi connectivity index (χ4n) is 2.41. The summed E-state index contributed by atoms with van der Waals surface area (Å²) in [5.74, 6) is 1.53. The van der Waals surface area contributed by atoms with Crippen LogP contribution in [0.4, 0.5) is 0 Å². The molecule has 2 aliphatic carbocycles. The summed E-state index contributed by atoms with van der Waals surface area (Å²) in [6.45, 7) is 1.82. The molecule has 2 atom stereocenters. The van der Waals surface area contributed by atoms with Crippen LogP contribution in [0.5, 0.6) is 0 Å². The van der Waals surface area contributed by atoms with Gasteiger partial charge in [-0.15, -0.1) is 0 Å². The average Bonchev–Trinajstić information content (AvgIpc) is 2.49. The van der Waals surface area contributed by atoms with E-state index in [0.717, 1.165) is 19.1 Å². The van der Waals surface area contributed by atoms with Gasteiger partial charge in [0, 0.05) is 6.61 Å². The second-order valence-electron chi connectivity index (χ2n) is 4.60. The van der Waals surface area contributed by atoms with Crippen LogP contribution in [-0.4, -0.2) is 19.3 Å². The maximum Gasteiger partial charge on any atom is 0.0615 e. The van der Waals surface area contributed by atoms with Gasteiger partial charge in [-0.05, 0) is 44.1 Å². The Morgan fingerprint density at radius 3 is 2.46 bits per heavy atom. The van der Waals surface area contributed by atoms with Gasteiger partial charge in [0.15, 0.2) is 0 Å². The summed E-state index contributed by atoms with van der Waals surface area (Å²) >= 11 is 0. The molecule has 0 amide bonds. The minimum absolute atomic E-state index is 0.491. The van der Waals surface area contributed by atoms with Crippen molar-refractivity contribution < 1.29 is 4.74 Å². The van der Waals surface area contributed by atoms with E-state index in [2.05, 4.69) is 0 Å². The molecule has 0 heterocycles. The maximum atomic E-state index is 5.93. The average molecular weight is 183 g/mol. The summed E-state index contributed by atoms with van der Waals surface area (Å²) in [5.41, 5.74) is 5.70. The molecule has 76 valence electrons. The van der Waals surface area contributed by atoms with E-state index < -0.39 is 0 Å². The summed E-state index contributed by atoms with van der Waals surface area (Å²) < 4.78 is 5.93. The molecule has 0 aromatic rings. The van der Waals surface area contributed by atoms with Crippen LogP contribution in [0.15, 0.2) is 0 Å². The maximum absolute atomic E-state index is 5.93. The van der Waals surface area contributed by atoms with Crippen molar-refractivity contribution in [2.45, 2.75) is 44.6 Å². The van der Waals surface area contributed by atoms with Gasteiger partial charge in [0.2, 0.25) is 0 Å². The first-order valence-electron chi connectivity index (χ1n) is 5.72. The third kappa shape index (κ3) is 2.23. The van der Waals surface area contributed by atoms with E-state index in [9.17, 15) is 0 Å². The lowest BCUT2D eigenvalue weighted by Crippen LogP contribution is -2.28. The molecule has 0 saturated heterocycles. The Morgan fingerprint density at radius 2 is 1.85 bits per heavy atom. The second-order valence-corrected chi connectivity index (χ2v) is 4.60. The standard InChI is InChI=1S/C11H21NO/c12-7-10-5-2-6-11(10)13-8-9-3-1-4-9/h9-11H,1-8,12H2. The van der Waals surface area contributed by atoms with Crippen molar-refractivity contribution in [2.24, 2.45) is 17.6 Å². The molecule has 2 unspecified atom stereocenters.